The highest BCUT2D eigenvalue weighted by Gasteiger charge is 1.78. The monoisotopic (exact) mass is 130 g/mol. The third-order valence-corrected chi connectivity index (χ3v) is 1.17. The molecule has 1 rings (SSSR count). The second-order valence-corrected chi connectivity index (χ2v) is 1.92. The third-order valence-electron chi connectivity index (χ3n) is 1.17. The largest absolute Gasteiger partial charge is 0.159 e. The molecule has 0 amide bonds. The van der Waals surface area contributed by atoms with Crippen LogP contribution >= 0.6 is 0 Å². The highest BCUT2D eigenvalue weighted by atomic mass is 14.3. The SMILES string of the molecule is [N]=C/C=C/c1ccccc1. The molecule has 0 unspecified atom stereocenters. The fraction of sp³-hybridized carbons (Fsp3) is 0. The Bertz CT molecular complexity index is 224. The molecule has 0 N–H and O–H groups in total. The van der Waals surface area contributed by atoms with Gasteiger partial charge in [0.1, 0.15) is 0 Å². The van der Waals surface area contributed by atoms with Crippen molar-refractivity contribution in [1.82, 2.24) is 5.41 Å². The second kappa shape index (κ2) is 3.62. The van der Waals surface area contributed by atoms with Crippen LogP contribution < -0.4 is 5.41 Å². The minimum absolute atomic E-state index is 1.02. The number of benzene rings is 1. The van der Waals surface area contributed by atoms with Crippen molar-refractivity contribution in [2.45, 2.75) is 0 Å². The van der Waals surface area contributed by atoms with E-state index >= 15 is 0 Å². The van der Waals surface area contributed by atoms with Crippen LogP contribution in [0.3, 0.4) is 0 Å². The smallest absolute Gasteiger partial charge is 0.0495 e. The lowest BCUT2D eigenvalue weighted by molar-refractivity contribution is 1.66. The lowest BCUT2D eigenvalue weighted by atomic mass is 10.2. The van der Waals surface area contributed by atoms with Gasteiger partial charge in [-0.15, -0.1) is 0 Å². The summed E-state index contributed by atoms with van der Waals surface area (Å²) in [5.74, 6) is 0. The Labute approximate surface area is 60.5 Å². The quantitative estimate of drug-likeness (QED) is 0.542. The van der Waals surface area contributed by atoms with Gasteiger partial charge in [0.15, 0.2) is 0 Å². The van der Waals surface area contributed by atoms with Crippen LogP contribution in [0.2, 0.25) is 0 Å². The summed E-state index contributed by atoms with van der Waals surface area (Å²) in [5.41, 5.74) is 1.09. The molecule has 0 saturated carbocycles. The number of allylic oxidation sites excluding steroid dienone is 1. The van der Waals surface area contributed by atoms with Crippen molar-refractivity contribution in [3.05, 3.63) is 42.0 Å². The number of rotatable bonds is 2. The van der Waals surface area contributed by atoms with Gasteiger partial charge in [-0.2, -0.15) is 5.41 Å². The van der Waals surface area contributed by atoms with Gasteiger partial charge in [-0.3, -0.25) is 0 Å². The average molecular weight is 130 g/mol. The molecule has 0 saturated heterocycles. The third kappa shape index (κ3) is 1.86. The van der Waals surface area contributed by atoms with Gasteiger partial charge in [-0.1, -0.05) is 36.4 Å². The predicted molar refractivity (Wildman–Crippen MR) is 43.7 cm³/mol. The molecular formula is C9H8N. The first kappa shape index (κ1) is 6.75. The lowest BCUT2D eigenvalue weighted by Gasteiger charge is -1.86. The van der Waals surface area contributed by atoms with Gasteiger partial charge in [0.05, 0.1) is 0 Å². The topological polar surface area (TPSA) is 22.3 Å². The molecular weight excluding hydrogens is 122 g/mol. The number of hydrogen-bond donors (Lipinski definition) is 0. The minimum Gasteiger partial charge on any atom is -0.159 e. The maximum atomic E-state index is 8.32. The lowest BCUT2D eigenvalue weighted by Crippen LogP contribution is -1.68. The molecule has 0 bridgehead atoms. The summed E-state index contributed by atoms with van der Waals surface area (Å²) in [6.07, 6.45) is 4.45. The zero-order valence-electron chi connectivity index (χ0n) is 5.57. The molecule has 1 aromatic rings. The number of hydrogen-bond acceptors (Lipinski definition) is 0. The van der Waals surface area contributed by atoms with E-state index in [1.165, 1.54) is 0 Å². The predicted octanol–water partition coefficient (Wildman–Crippen LogP) is 1.57. The Morgan fingerprint density at radius 3 is 2.40 bits per heavy atom. The van der Waals surface area contributed by atoms with E-state index in [4.69, 9.17) is 5.41 Å². The van der Waals surface area contributed by atoms with Crippen LogP contribution in [0.15, 0.2) is 36.4 Å². The molecule has 0 aliphatic carbocycles. The van der Waals surface area contributed by atoms with Crippen LogP contribution in [0, 0.1) is 0 Å². The van der Waals surface area contributed by atoms with Crippen molar-refractivity contribution in [2.24, 2.45) is 0 Å². The molecule has 0 heterocycles. The summed E-state index contributed by atoms with van der Waals surface area (Å²) in [5, 5.41) is 8.32. The van der Waals surface area contributed by atoms with Crippen LogP contribution in [0.4, 0.5) is 0 Å². The molecule has 0 aromatic heterocycles. The Balaban J connectivity index is 2.76. The average Bonchev–Trinajstić information content (AvgIpc) is 2.03. The Hall–Kier alpha value is -1.37. The van der Waals surface area contributed by atoms with Crippen molar-refractivity contribution in [3.8, 4) is 0 Å². The summed E-state index contributed by atoms with van der Waals surface area (Å²) in [6.45, 7) is 0. The second-order valence-electron chi connectivity index (χ2n) is 1.92. The minimum atomic E-state index is 1.02. The van der Waals surface area contributed by atoms with Crippen LogP contribution in [-0.2, 0) is 0 Å². The highest BCUT2D eigenvalue weighted by molar-refractivity contribution is 5.76. The molecule has 0 fully saturated rings. The molecule has 0 spiro atoms. The van der Waals surface area contributed by atoms with Gasteiger partial charge in [-0.25, -0.2) is 0 Å². The normalized spacial score (nSPS) is 10.0. The standard InChI is InChI=1S/C9H8N/c10-8-4-7-9-5-2-1-3-6-9/h1-8H/b7-4+. The van der Waals surface area contributed by atoms with E-state index in [2.05, 4.69) is 0 Å². The van der Waals surface area contributed by atoms with Gasteiger partial charge in [0.25, 0.3) is 0 Å². The van der Waals surface area contributed by atoms with E-state index in [0.29, 0.717) is 0 Å². The van der Waals surface area contributed by atoms with Crippen molar-refractivity contribution < 1.29 is 0 Å². The summed E-state index contributed by atoms with van der Waals surface area (Å²) in [6, 6.07) is 9.81. The van der Waals surface area contributed by atoms with Crippen molar-refractivity contribution >= 4 is 12.3 Å². The molecule has 1 heteroatoms. The van der Waals surface area contributed by atoms with Crippen LogP contribution in [0.25, 0.3) is 6.08 Å². The van der Waals surface area contributed by atoms with Gasteiger partial charge in [0, 0.05) is 6.21 Å². The molecule has 1 radical (unpaired) electrons. The summed E-state index contributed by atoms with van der Waals surface area (Å²) >= 11 is 0. The fourth-order valence-corrected chi connectivity index (χ4v) is 0.718. The first-order chi connectivity index (χ1) is 4.93. The molecule has 0 aliphatic heterocycles. The van der Waals surface area contributed by atoms with Crippen molar-refractivity contribution in [1.29, 1.82) is 0 Å². The first-order valence-electron chi connectivity index (χ1n) is 3.12. The van der Waals surface area contributed by atoms with E-state index in [-0.39, 0.29) is 0 Å². The van der Waals surface area contributed by atoms with Crippen molar-refractivity contribution in [3.63, 3.8) is 0 Å². The van der Waals surface area contributed by atoms with E-state index in [1.54, 1.807) is 6.08 Å². The molecule has 10 heavy (non-hydrogen) atoms. The molecule has 1 aromatic carbocycles. The van der Waals surface area contributed by atoms with E-state index in [9.17, 15) is 0 Å². The van der Waals surface area contributed by atoms with Crippen LogP contribution in [-0.4, -0.2) is 6.21 Å². The zero-order chi connectivity index (χ0) is 7.23. The summed E-state index contributed by atoms with van der Waals surface area (Å²) in [4.78, 5) is 0. The fourth-order valence-electron chi connectivity index (χ4n) is 0.718. The van der Waals surface area contributed by atoms with Crippen LogP contribution in [0.1, 0.15) is 5.56 Å². The highest BCUT2D eigenvalue weighted by Crippen LogP contribution is 1.99. The van der Waals surface area contributed by atoms with Gasteiger partial charge in [-0.05, 0) is 11.6 Å². The van der Waals surface area contributed by atoms with E-state index < -0.39 is 0 Å². The maximum Gasteiger partial charge on any atom is 0.0495 e. The molecule has 0 atom stereocenters. The Morgan fingerprint density at radius 1 is 1.10 bits per heavy atom. The molecule has 49 valence electrons. The molecule has 1 nitrogen and oxygen atoms in total. The summed E-state index contributed by atoms with van der Waals surface area (Å²) in [7, 11) is 0. The van der Waals surface area contributed by atoms with E-state index in [0.717, 1.165) is 11.8 Å². The zero-order valence-corrected chi connectivity index (χ0v) is 5.57. The Kier molecular flexibility index (Phi) is 2.44. The van der Waals surface area contributed by atoms with Gasteiger partial charge < -0.3 is 0 Å². The summed E-state index contributed by atoms with van der Waals surface area (Å²) < 4.78 is 0. The first-order valence-corrected chi connectivity index (χ1v) is 3.12. The Morgan fingerprint density at radius 2 is 1.80 bits per heavy atom. The molecule has 0 aliphatic rings. The van der Waals surface area contributed by atoms with E-state index in [1.807, 2.05) is 36.4 Å². The number of nitrogens with zero attached hydrogens (tertiary/aromatic N) is 1. The van der Waals surface area contributed by atoms with Gasteiger partial charge >= 0.3 is 0 Å². The maximum absolute atomic E-state index is 8.32. The van der Waals surface area contributed by atoms with Gasteiger partial charge in [0.2, 0.25) is 0 Å². The van der Waals surface area contributed by atoms with Crippen LogP contribution in [0.5, 0.6) is 0 Å². The van der Waals surface area contributed by atoms with Crippen molar-refractivity contribution in [2.75, 3.05) is 0 Å².